The standard InChI is InChI=1S/C21H26N8/c1-13-12-28(9-8-22-13)18-7-2-14(10-23-18)19-20-17(26-27-19)11-24-21(25-20)29-15-3-4-16(29)6-5-15/h2,7,10-11,13,15-16,22H,3-6,8-9,12H2,1H3,(H,26,27). The molecule has 0 spiro atoms. The van der Waals surface area contributed by atoms with Crippen LogP contribution in [0.5, 0.6) is 0 Å². The maximum atomic E-state index is 4.93. The smallest absolute Gasteiger partial charge is 0.226 e. The first-order valence-corrected chi connectivity index (χ1v) is 10.7. The molecule has 0 radical (unpaired) electrons. The molecule has 1 atom stereocenters. The minimum absolute atomic E-state index is 0.483. The van der Waals surface area contributed by atoms with Crippen LogP contribution in [0.4, 0.5) is 11.8 Å². The Kier molecular flexibility index (Phi) is 3.94. The molecule has 3 aliphatic rings. The summed E-state index contributed by atoms with van der Waals surface area (Å²) in [6, 6.07) is 5.89. The van der Waals surface area contributed by atoms with Gasteiger partial charge in [-0.2, -0.15) is 5.10 Å². The fourth-order valence-corrected chi connectivity index (χ4v) is 5.22. The summed E-state index contributed by atoms with van der Waals surface area (Å²) in [6.45, 7) is 5.16. The predicted octanol–water partition coefficient (Wildman–Crippen LogP) is 2.34. The molecule has 6 heterocycles. The van der Waals surface area contributed by atoms with Gasteiger partial charge in [-0.05, 0) is 44.7 Å². The summed E-state index contributed by atoms with van der Waals surface area (Å²) >= 11 is 0. The number of nitrogens with one attached hydrogen (secondary N) is 2. The van der Waals surface area contributed by atoms with Crippen molar-refractivity contribution in [3.63, 3.8) is 0 Å². The Hall–Kier alpha value is -2.74. The van der Waals surface area contributed by atoms with Crippen LogP contribution in [-0.4, -0.2) is 62.9 Å². The molecule has 150 valence electrons. The summed E-state index contributed by atoms with van der Waals surface area (Å²) in [5.74, 6) is 1.87. The van der Waals surface area contributed by atoms with Gasteiger partial charge in [-0.15, -0.1) is 0 Å². The Morgan fingerprint density at radius 3 is 2.59 bits per heavy atom. The molecule has 3 aromatic rings. The van der Waals surface area contributed by atoms with E-state index in [1.807, 2.05) is 12.4 Å². The second-order valence-corrected chi connectivity index (χ2v) is 8.58. The van der Waals surface area contributed by atoms with Gasteiger partial charge in [0.2, 0.25) is 5.95 Å². The summed E-state index contributed by atoms with van der Waals surface area (Å²) in [6.07, 6.45) is 8.84. The second kappa shape index (κ2) is 6.66. The number of pyridine rings is 1. The zero-order valence-corrected chi connectivity index (χ0v) is 16.7. The number of aromatic nitrogens is 5. The number of nitrogens with zero attached hydrogens (tertiary/aromatic N) is 6. The van der Waals surface area contributed by atoms with Crippen molar-refractivity contribution in [3.8, 4) is 11.3 Å². The van der Waals surface area contributed by atoms with Crippen molar-refractivity contribution >= 4 is 22.8 Å². The van der Waals surface area contributed by atoms with Gasteiger partial charge in [0.25, 0.3) is 0 Å². The van der Waals surface area contributed by atoms with Gasteiger partial charge in [0, 0.05) is 49.5 Å². The molecule has 3 saturated heterocycles. The monoisotopic (exact) mass is 390 g/mol. The highest BCUT2D eigenvalue weighted by Crippen LogP contribution is 2.40. The summed E-state index contributed by atoms with van der Waals surface area (Å²) in [5, 5.41) is 11.1. The molecule has 1 unspecified atom stereocenters. The average molecular weight is 390 g/mol. The van der Waals surface area contributed by atoms with E-state index in [2.05, 4.69) is 49.4 Å². The number of hydrogen-bond donors (Lipinski definition) is 2. The van der Waals surface area contributed by atoms with Gasteiger partial charge in [-0.1, -0.05) is 0 Å². The highest BCUT2D eigenvalue weighted by atomic mass is 15.3. The van der Waals surface area contributed by atoms with Crippen LogP contribution >= 0.6 is 0 Å². The molecule has 0 aromatic carbocycles. The molecular formula is C21H26N8. The number of H-pyrrole nitrogens is 1. The maximum absolute atomic E-state index is 4.93. The lowest BCUT2D eigenvalue weighted by atomic mass is 10.0. The number of hydrogen-bond acceptors (Lipinski definition) is 7. The van der Waals surface area contributed by atoms with E-state index >= 15 is 0 Å². The zero-order chi connectivity index (χ0) is 19.4. The summed E-state index contributed by atoms with van der Waals surface area (Å²) in [4.78, 5) is 19.1. The summed E-state index contributed by atoms with van der Waals surface area (Å²) in [7, 11) is 0. The maximum Gasteiger partial charge on any atom is 0.226 e. The van der Waals surface area contributed by atoms with Crippen molar-refractivity contribution in [1.29, 1.82) is 0 Å². The van der Waals surface area contributed by atoms with E-state index in [1.54, 1.807) is 0 Å². The molecule has 8 heteroatoms. The largest absolute Gasteiger partial charge is 0.354 e. The van der Waals surface area contributed by atoms with Gasteiger partial charge in [0.1, 0.15) is 22.5 Å². The summed E-state index contributed by atoms with van der Waals surface area (Å²) < 4.78 is 0. The number of anilines is 2. The number of piperazine rings is 1. The minimum atomic E-state index is 0.483. The van der Waals surface area contributed by atoms with E-state index in [4.69, 9.17) is 9.97 Å². The van der Waals surface area contributed by atoms with Crippen LogP contribution in [0.15, 0.2) is 24.5 Å². The SMILES string of the molecule is CC1CN(c2ccc(-c3n[nH]c4cnc(N5C6CCC5CC6)nc34)cn2)CCN1. The molecule has 3 fully saturated rings. The summed E-state index contributed by atoms with van der Waals surface area (Å²) in [5.41, 5.74) is 3.59. The molecule has 3 aliphatic heterocycles. The molecule has 0 amide bonds. The highest BCUT2D eigenvalue weighted by Gasteiger charge is 2.40. The second-order valence-electron chi connectivity index (χ2n) is 8.58. The van der Waals surface area contributed by atoms with E-state index in [-0.39, 0.29) is 0 Å². The molecule has 8 nitrogen and oxygen atoms in total. The molecule has 0 saturated carbocycles. The van der Waals surface area contributed by atoms with Crippen molar-refractivity contribution in [2.24, 2.45) is 0 Å². The highest BCUT2D eigenvalue weighted by molar-refractivity contribution is 5.89. The molecule has 2 N–H and O–H groups in total. The lowest BCUT2D eigenvalue weighted by Gasteiger charge is -2.32. The Bertz CT molecular complexity index is 1010. The Morgan fingerprint density at radius 2 is 1.86 bits per heavy atom. The van der Waals surface area contributed by atoms with Gasteiger partial charge in [-0.3, -0.25) is 5.10 Å². The van der Waals surface area contributed by atoms with Crippen LogP contribution in [-0.2, 0) is 0 Å². The zero-order valence-electron chi connectivity index (χ0n) is 16.7. The predicted molar refractivity (Wildman–Crippen MR) is 113 cm³/mol. The van der Waals surface area contributed by atoms with Crippen molar-refractivity contribution in [1.82, 2.24) is 30.5 Å². The van der Waals surface area contributed by atoms with Gasteiger partial charge in [0.15, 0.2) is 0 Å². The average Bonchev–Trinajstić information content (AvgIpc) is 3.47. The van der Waals surface area contributed by atoms with Crippen LogP contribution in [0, 0.1) is 0 Å². The van der Waals surface area contributed by atoms with Crippen molar-refractivity contribution in [2.75, 3.05) is 29.4 Å². The Labute approximate surface area is 169 Å². The molecule has 0 aliphatic carbocycles. The van der Waals surface area contributed by atoms with E-state index in [0.717, 1.165) is 53.7 Å². The third-order valence-corrected chi connectivity index (χ3v) is 6.69. The van der Waals surface area contributed by atoms with Crippen molar-refractivity contribution in [3.05, 3.63) is 24.5 Å². The minimum Gasteiger partial charge on any atom is -0.354 e. The lowest BCUT2D eigenvalue weighted by Crippen LogP contribution is -2.49. The van der Waals surface area contributed by atoms with Crippen LogP contribution < -0.4 is 15.1 Å². The van der Waals surface area contributed by atoms with Crippen LogP contribution in [0.1, 0.15) is 32.6 Å². The van der Waals surface area contributed by atoms with E-state index in [9.17, 15) is 0 Å². The number of fused-ring (bicyclic) bond motifs is 3. The fourth-order valence-electron chi connectivity index (χ4n) is 5.22. The first kappa shape index (κ1) is 17.1. The Balaban J connectivity index is 1.32. The van der Waals surface area contributed by atoms with Gasteiger partial charge in [0.05, 0.1) is 6.20 Å². The van der Waals surface area contributed by atoms with Crippen molar-refractivity contribution < 1.29 is 0 Å². The van der Waals surface area contributed by atoms with Crippen molar-refractivity contribution in [2.45, 2.75) is 50.7 Å². The van der Waals surface area contributed by atoms with Crippen LogP contribution in [0.25, 0.3) is 22.3 Å². The Morgan fingerprint density at radius 1 is 1.03 bits per heavy atom. The quantitative estimate of drug-likeness (QED) is 0.710. The first-order chi connectivity index (χ1) is 14.3. The molecule has 29 heavy (non-hydrogen) atoms. The van der Waals surface area contributed by atoms with Gasteiger partial charge < -0.3 is 15.1 Å². The normalized spacial score (nSPS) is 26.6. The third-order valence-electron chi connectivity index (χ3n) is 6.69. The molecule has 2 bridgehead atoms. The number of aromatic amines is 1. The topological polar surface area (TPSA) is 85.9 Å². The first-order valence-electron chi connectivity index (χ1n) is 10.7. The van der Waals surface area contributed by atoms with Crippen LogP contribution in [0.3, 0.4) is 0 Å². The number of rotatable bonds is 3. The third kappa shape index (κ3) is 2.85. The fraction of sp³-hybridized carbons (Fsp3) is 0.524. The lowest BCUT2D eigenvalue weighted by molar-refractivity contribution is 0.482. The van der Waals surface area contributed by atoms with Crippen LogP contribution in [0.2, 0.25) is 0 Å². The van der Waals surface area contributed by atoms with E-state index in [0.29, 0.717) is 18.1 Å². The molecular weight excluding hydrogens is 364 g/mol. The molecule has 3 aromatic heterocycles. The van der Waals surface area contributed by atoms with Gasteiger partial charge in [-0.25, -0.2) is 15.0 Å². The van der Waals surface area contributed by atoms with E-state index in [1.165, 1.54) is 25.7 Å². The molecule has 6 rings (SSSR count). The van der Waals surface area contributed by atoms with Gasteiger partial charge >= 0.3 is 0 Å². The van der Waals surface area contributed by atoms with E-state index < -0.39 is 0 Å².